The average molecular weight is 393 g/mol. The molecular weight excluding hydrogens is 374 g/mol. The van der Waals surface area contributed by atoms with Gasteiger partial charge in [0.1, 0.15) is 5.75 Å². The Balaban J connectivity index is 1.53. The Bertz CT molecular complexity index is 804. The Hall–Kier alpha value is -2.60. The summed E-state index contributed by atoms with van der Waals surface area (Å²) in [4.78, 5) is 16.3. The molecule has 1 saturated heterocycles. The number of nitrogens with zero attached hydrogens (tertiary/aromatic N) is 2. The number of alkyl halides is 2. The van der Waals surface area contributed by atoms with Crippen molar-refractivity contribution in [3.8, 4) is 5.75 Å². The zero-order valence-corrected chi connectivity index (χ0v) is 15.3. The Kier molecular flexibility index (Phi) is 6.29. The summed E-state index contributed by atoms with van der Waals surface area (Å²) in [6.45, 7) is -0.214. The van der Waals surface area contributed by atoms with Gasteiger partial charge in [-0.3, -0.25) is 4.79 Å². The molecule has 142 valence electrons. The molecule has 1 amide bonds. The molecule has 0 bridgehead atoms. The molecule has 0 N–H and O–H groups in total. The third-order valence-corrected chi connectivity index (χ3v) is 4.63. The molecule has 0 spiro atoms. The quantitative estimate of drug-likeness (QED) is 0.711. The van der Waals surface area contributed by atoms with Crippen LogP contribution in [0.2, 0.25) is 5.02 Å². The molecule has 0 aliphatic carbocycles. The van der Waals surface area contributed by atoms with Gasteiger partial charge < -0.3 is 14.5 Å². The molecule has 2 aromatic carbocycles. The zero-order chi connectivity index (χ0) is 19.2. The normalized spacial score (nSPS) is 14.8. The summed E-state index contributed by atoms with van der Waals surface area (Å²) >= 11 is 6.23. The fraction of sp³-hybridized carbons (Fsp3) is 0.250. The fourth-order valence-corrected chi connectivity index (χ4v) is 3.16. The highest BCUT2D eigenvalue weighted by Gasteiger charge is 2.20. The second kappa shape index (κ2) is 8.86. The van der Waals surface area contributed by atoms with Crippen LogP contribution in [0.5, 0.6) is 5.75 Å². The highest BCUT2D eigenvalue weighted by molar-refractivity contribution is 6.33. The molecule has 0 radical (unpaired) electrons. The van der Waals surface area contributed by atoms with E-state index in [2.05, 4.69) is 9.64 Å². The number of carbonyl (C=O) groups is 1. The number of benzene rings is 2. The third-order valence-electron chi connectivity index (χ3n) is 4.31. The first kappa shape index (κ1) is 19.2. The van der Waals surface area contributed by atoms with Crippen molar-refractivity contribution in [2.75, 3.05) is 31.1 Å². The summed E-state index contributed by atoms with van der Waals surface area (Å²) in [5.41, 5.74) is 1.72. The van der Waals surface area contributed by atoms with Gasteiger partial charge in [-0.1, -0.05) is 35.9 Å². The van der Waals surface area contributed by atoms with Gasteiger partial charge in [0, 0.05) is 32.3 Å². The number of anilines is 1. The van der Waals surface area contributed by atoms with Crippen LogP contribution in [-0.2, 0) is 4.79 Å². The monoisotopic (exact) mass is 392 g/mol. The summed E-state index contributed by atoms with van der Waals surface area (Å²) in [5.74, 6) is 0.00545. The lowest BCUT2D eigenvalue weighted by Crippen LogP contribution is -2.48. The van der Waals surface area contributed by atoms with Crippen molar-refractivity contribution in [3.63, 3.8) is 0 Å². The molecule has 0 unspecified atom stereocenters. The van der Waals surface area contributed by atoms with Crippen molar-refractivity contribution in [1.29, 1.82) is 0 Å². The largest absolute Gasteiger partial charge is 0.435 e. The van der Waals surface area contributed by atoms with Crippen LogP contribution < -0.4 is 9.64 Å². The van der Waals surface area contributed by atoms with Crippen LogP contribution in [0.15, 0.2) is 54.6 Å². The van der Waals surface area contributed by atoms with Gasteiger partial charge in [0.15, 0.2) is 0 Å². The van der Waals surface area contributed by atoms with Crippen molar-refractivity contribution >= 4 is 29.3 Å². The van der Waals surface area contributed by atoms with Crippen molar-refractivity contribution in [2.24, 2.45) is 0 Å². The minimum atomic E-state index is -2.85. The molecule has 7 heteroatoms. The smallest absolute Gasteiger partial charge is 0.387 e. The SMILES string of the molecule is O=C(/C=C/c1ccc(OC(F)F)cc1)N1CCN(c2ccccc2Cl)CC1. The van der Waals surface area contributed by atoms with Crippen molar-refractivity contribution in [1.82, 2.24) is 4.90 Å². The fourth-order valence-electron chi connectivity index (χ4n) is 2.91. The standard InChI is InChI=1S/C20H19ClF2N2O2/c21-17-3-1-2-4-18(17)24-11-13-25(14-12-24)19(26)10-7-15-5-8-16(9-6-15)27-20(22)23/h1-10,20H,11-14H2/b10-7+. The lowest BCUT2D eigenvalue weighted by molar-refractivity contribution is -0.126. The van der Waals surface area contributed by atoms with E-state index in [0.717, 1.165) is 11.3 Å². The molecule has 1 heterocycles. The maximum atomic E-state index is 12.4. The maximum absolute atomic E-state index is 12.4. The second-order valence-electron chi connectivity index (χ2n) is 6.04. The predicted octanol–water partition coefficient (Wildman–Crippen LogP) is 4.30. The number of para-hydroxylation sites is 1. The van der Waals surface area contributed by atoms with E-state index in [4.69, 9.17) is 11.6 Å². The van der Waals surface area contributed by atoms with Gasteiger partial charge in [-0.05, 0) is 35.9 Å². The van der Waals surface area contributed by atoms with Crippen LogP contribution in [0.3, 0.4) is 0 Å². The van der Waals surface area contributed by atoms with Gasteiger partial charge in [-0.25, -0.2) is 0 Å². The first-order chi connectivity index (χ1) is 13.0. The average Bonchev–Trinajstić information content (AvgIpc) is 2.67. The molecule has 1 fully saturated rings. The van der Waals surface area contributed by atoms with Gasteiger partial charge >= 0.3 is 6.61 Å². The van der Waals surface area contributed by atoms with Gasteiger partial charge in [-0.15, -0.1) is 0 Å². The van der Waals surface area contributed by atoms with Crippen LogP contribution in [0.4, 0.5) is 14.5 Å². The zero-order valence-electron chi connectivity index (χ0n) is 14.5. The van der Waals surface area contributed by atoms with Gasteiger partial charge in [0.25, 0.3) is 0 Å². The third kappa shape index (κ3) is 5.20. The van der Waals surface area contributed by atoms with E-state index in [1.54, 1.807) is 23.1 Å². The van der Waals surface area contributed by atoms with Crippen LogP contribution >= 0.6 is 11.6 Å². The number of hydrogen-bond donors (Lipinski definition) is 0. The summed E-state index contributed by atoms with van der Waals surface area (Å²) in [7, 11) is 0. The lowest BCUT2D eigenvalue weighted by atomic mass is 10.2. The Morgan fingerprint density at radius 2 is 1.70 bits per heavy atom. The highest BCUT2D eigenvalue weighted by atomic mass is 35.5. The van der Waals surface area contributed by atoms with E-state index < -0.39 is 6.61 Å². The van der Waals surface area contributed by atoms with E-state index in [1.807, 2.05) is 24.3 Å². The summed E-state index contributed by atoms with van der Waals surface area (Å²) < 4.78 is 28.6. The van der Waals surface area contributed by atoms with E-state index in [9.17, 15) is 13.6 Å². The second-order valence-corrected chi connectivity index (χ2v) is 6.45. The number of amides is 1. The van der Waals surface area contributed by atoms with E-state index >= 15 is 0 Å². The van der Waals surface area contributed by atoms with Gasteiger partial charge in [0.2, 0.25) is 5.91 Å². The Morgan fingerprint density at radius 1 is 1.04 bits per heavy atom. The molecule has 2 aromatic rings. The maximum Gasteiger partial charge on any atom is 0.387 e. The molecule has 0 saturated carbocycles. The van der Waals surface area contributed by atoms with Gasteiger partial charge in [-0.2, -0.15) is 8.78 Å². The number of carbonyl (C=O) groups excluding carboxylic acids is 1. The van der Waals surface area contributed by atoms with Crippen LogP contribution in [0.1, 0.15) is 5.56 Å². The number of hydrogen-bond acceptors (Lipinski definition) is 3. The molecule has 3 rings (SSSR count). The molecule has 4 nitrogen and oxygen atoms in total. The van der Waals surface area contributed by atoms with Crippen LogP contribution in [0, 0.1) is 0 Å². The number of ether oxygens (including phenoxy) is 1. The summed E-state index contributed by atoms with van der Waals surface area (Å²) in [6.07, 6.45) is 3.16. The highest BCUT2D eigenvalue weighted by Crippen LogP contribution is 2.26. The Morgan fingerprint density at radius 3 is 2.33 bits per heavy atom. The topological polar surface area (TPSA) is 32.8 Å². The molecular formula is C20H19ClF2N2O2. The molecule has 1 aliphatic heterocycles. The van der Waals surface area contributed by atoms with Crippen LogP contribution in [0.25, 0.3) is 6.08 Å². The summed E-state index contributed by atoms with van der Waals surface area (Å²) in [5, 5.41) is 0.705. The first-order valence-corrected chi connectivity index (χ1v) is 8.92. The summed E-state index contributed by atoms with van der Waals surface area (Å²) in [6, 6.07) is 13.8. The first-order valence-electron chi connectivity index (χ1n) is 8.54. The Labute approximate surface area is 161 Å². The van der Waals surface area contributed by atoms with Crippen molar-refractivity contribution in [3.05, 3.63) is 65.2 Å². The van der Waals surface area contributed by atoms with Crippen molar-refractivity contribution < 1.29 is 18.3 Å². The van der Waals surface area contributed by atoms with Crippen molar-refractivity contribution in [2.45, 2.75) is 6.61 Å². The molecule has 0 atom stereocenters. The number of halogens is 3. The van der Waals surface area contributed by atoms with Crippen LogP contribution in [-0.4, -0.2) is 43.6 Å². The molecule has 1 aliphatic rings. The molecule has 0 aromatic heterocycles. The van der Waals surface area contributed by atoms with E-state index in [-0.39, 0.29) is 11.7 Å². The minimum Gasteiger partial charge on any atom is -0.435 e. The van der Waals surface area contributed by atoms with Gasteiger partial charge in [0.05, 0.1) is 10.7 Å². The number of rotatable bonds is 5. The predicted molar refractivity (Wildman–Crippen MR) is 102 cm³/mol. The lowest BCUT2D eigenvalue weighted by Gasteiger charge is -2.36. The minimum absolute atomic E-state index is 0.0817. The van der Waals surface area contributed by atoms with E-state index in [1.165, 1.54) is 18.2 Å². The van der Waals surface area contributed by atoms with E-state index in [0.29, 0.717) is 31.2 Å². The number of piperazine rings is 1. The molecule has 27 heavy (non-hydrogen) atoms.